The van der Waals surface area contributed by atoms with Crippen molar-refractivity contribution in [1.29, 1.82) is 0 Å². The van der Waals surface area contributed by atoms with E-state index >= 15 is 0 Å². The Morgan fingerprint density at radius 2 is 2.08 bits per heavy atom. The van der Waals surface area contributed by atoms with Gasteiger partial charge in [-0.05, 0) is 37.8 Å². The number of hydrogen-bond donors (Lipinski definition) is 1. The fraction of sp³-hybridized carbons (Fsp3) is 0.550. The van der Waals surface area contributed by atoms with E-state index in [-0.39, 0.29) is 17.7 Å². The Hall–Kier alpha value is -1.97. The second-order valence-corrected chi connectivity index (χ2v) is 7.03. The average Bonchev–Trinajstić information content (AvgIpc) is 3.06. The van der Waals surface area contributed by atoms with Crippen LogP contribution in [0.4, 0.5) is 0 Å². The van der Waals surface area contributed by atoms with Crippen molar-refractivity contribution in [3.05, 3.63) is 35.1 Å². The van der Waals surface area contributed by atoms with Gasteiger partial charge in [0.25, 0.3) is 5.91 Å². The van der Waals surface area contributed by atoms with Crippen LogP contribution >= 0.6 is 0 Å². The third kappa shape index (κ3) is 3.58. The number of carbonyl (C=O) groups excluding carboxylic acids is 2. The van der Waals surface area contributed by atoms with E-state index in [2.05, 4.69) is 10.3 Å². The molecule has 1 saturated carbocycles. The van der Waals surface area contributed by atoms with Crippen LogP contribution in [0.5, 0.6) is 0 Å². The Balaban J connectivity index is 1.67. The number of allylic oxidation sites excluding steroid dienone is 3. The van der Waals surface area contributed by atoms with Crippen LogP contribution in [-0.4, -0.2) is 17.5 Å². The molecule has 0 radical (unpaired) electrons. The van der Waals surface area contributed by atoms with Gasteiger partial charge in [-0.25, -0.2) is 4.99 Å². The third-order valence-electron chi connectivity index (χ3n) is 5.42. The number of nitrogens with one attached hydrogen (secondary N) is 1. The average molecular weight is 326 g/mol. The quantitative estimate of drug-likeness (QED) is 0.853. The van der Waals surface area contributed by atoms with Gasteiger partial charge in [0.2, 0.25) is 5.91 Å². The molecular weight excluding hydrogens is 300 g/mol. The molecule has 128 valence electrons. The molecule has 24 heavy (non-hydrogen) atoms. The molecule has 1 aliphatic heterocycles. The summed E-state index contributed by atoms with van der Waals surface area (Å²) in [7, 11) is 0. The molecule has 1 heterocycles. The maximum atomic E-state index is 12.1. The minimum atomic E-state index is -0.0551. The van der Waals surface area contributed by atoms with Gasteiger partial charge < -0.3 is 5.32 Å². The maximum Gasteiger partial charge on any atom is 0.251 e. The van der Waals surface area contributed by atoms with E-state index < -0.39 is 0 Å². The molecule has 1 unspecified atom stereocenters. The molecule has 1 fully saturated rings. The summed E-state index contributed by atoms with van der Waals surface area (Å²) in [5.41, 5.74) is 3.43. The van der Waals surface area contributed by atoms with Gasteiger partial charge in [0.1, 0.15) is 0 Å². The Morgan fingerprint density at radius 3 is 2.79 bits per heavy atom. The predicted octanol–water partition coefficient (Wildman–Crippen LogP) is 3.85. The van der Waals surface area contributed by atoms with Crippen LogP contribution in [0.2, 0.25) is 0 Å². The lowest BCUT2D eigenvalue weighted by Gasteiger charge is -2.29. The van der Waals surface area contributed by atoms with Gasteiger partial charge in [-0.1, -0.05) is 44.3 Å². The second-order valence-electron chi connectivity index (χ2n) is 7.03. The first-order valence-corrected chi connectivity index (χ1v) is 9.10. The molecule has 0 spiro atoms. The molecule has 1 N–H and O–H groups in total. The number of nitrogens with zero attached hydrogens (tertiary/aromatic N) is 1. The van der Waals surface area contributed by atoms with E-state index in [9.17, 15) is 9.59 Å². The molecule has 0 aromatic carbocycles. The molecular formula is C20H26N2O2. The molecule has 0 aromatic heterocycles. The molecule has 0 bridgehead atoms. The number of carbonyl (C=O) groups is 2. The monoisotopic (exact) mass is 326 g/mol. The van der Waals surface area contributed by atoms with Crippen LogP contribution < -0.4 is 5.32 Å². The highest BCUT2D eigenvalue weighted by Crippen LogP contribution is 2.31. The third-order valence-corrected chi connectivity index (χ3v) is 5.42. The van der Waals surface area contributed by atoms with Crippen LogP contribution in [0, 0.1) is 11.8 Å². The predicted molar refractivity (Wildman–Crippen MR) is 95.5 cm³/mol. The molecule has 2 aliphatic carbocycles. The van der Waals surface area contributed by atoms with E-state index in [1.807, 2.05) is 32.1 Å². The van der Waals surface area contributed by atoms with Crippen molar-refractivity contribution in [2.75, 3.05) is 0 Å². The Kier molecular flexibility index (Phi) is 5.12. The molecule has 3 rings (SSSR count). The maximum absolute atomic E-state index is 12.1. The second kappa shape index (κ2) is 7.29. The summed E-state index contributed by atoms with van der Waals surface area (Å²) >= 11 is 0. The molecule has 0 aromatic rings. The smallest absolute Gasteiger partial charge is 0.251 e. The molecule has 1 atom stereocenters. The van der Waals surface area contributed by atoms with Crippen molar-refractivity contribution in [3.63, 3.8) is 0 Å². The number of fused-ring (bicyclic) bond motifs is 1. The highest BCUT2D eigenvalue weighted by Gasteiger charge is 2.28. The van der Waals surface area contributed by atoms with Gasteiger partial charge in [0.15, 0.2) is 0 Å². The van der Waals surface area contributed by atoms with Crippen molar-refractivity contribution in [3.8, 4) is 0 Å². The van der Waals surface area contributed by atoms with E-state index in [1.165, 1.54) is 25.7 Å². The number of rotatable bonds is 4. The molecule has 0 saturated heterocycles. The first-order valence-electron chi connectivity index (χ1n) is 9.10. The van der Waals surface area contributed by atoms with E-state index in [0.29, 0.717) is 18.1 Å². The van der Waals surface area contributed by atoms with Gasteiger partial charge in [0.05, 0.1) is 5.71 Å². The zero-order valence-corrected chi connectivity index (χ0v) is 14.6. The Labute approximate surface area is 143 Å². The Bertz CT molecular complexity index is 661. The van der Waals surface area contributed by atoms with Crippen molar-refractivity contribution in [1.82, 2.24) is 5.32 Å². The van der Waals surface area contributed by atoms with Crippen molar-refractivity contribution in [2.45, 2.75) is 58.8 Å². The standard InChI is InChI=1S/C20H26N2O2/c1-3-16-13(2)17-10-9-15(12-18(17)22-20(16)24)21-19(23)11-8-14-6-4-5-7-14/h9-10,12,14,17H,3-8,11H2,1-2H3,(H,22,24). The van der Waals surface area contributed by atoms with E-state index in [1.54, 1.807) is 0 Å². The number of aliphatic imine (C=N–C) groups is 1. The summed E-state index contributed by atoms with van der Waals surface area (Å²) in [4.78, 5) is 28.5. The number of hydrogen-bond acceptors (Lipinski definition) is 2. The summed E-state index contributed by atoms with van der Waals surface area (Å²) < 4.78 is 0. The summed E-state index contributed by atoms with van der Waals surface area (Å²) in [5.74, 6) is 0.724. The molecule has 2 amide bonds. The number of amides is 2. The van der Waals surface area contributed by atoms with Crippen molar-refractivity contribution < 1.29 is 9.59 Å². The molecule has 4 nitrogen and oxygen atoms in total. The molecule has 3 aliphatic rings. The molecule has 4 heteroatoms. The summed E-state index contributed by atoms with van der Waals surface area (Å²) in [6.07, 6.45) is 13.1. The van der Waals surface area contributed by atoms with Crippen LogP contribution in [0.3, 0.4) is 0 Å². The highest BCUT2D eigenvalue weighted by molar-refractivity contribution is 6.11. The summed E-state index contributed by atoms with van der Waals surface area (Å²) in [5, 5.41) is 2.95. The zero-order valence-electron chi connectivity index (χ0n) is 14.6. The first-order chi connectivity index (χ1) is 11.6. The fourth-order valence-corrected chi connectivity index (χ4v) is 4.00. The van der Waals surface area contributed by atoms with Crippen LogP contribution in [0.25, 0.3) is 0 Å². The lowest BCUT2D eigenvalue weighted by atomic mass is 9.84. The topological polar surface area (TPSA) is 58.5 Å². The van der Waals surface area contributed by atoms with Crippen LogP contribution in [0.15, 0.2) is 40.1 Å². The van der Waals surface area contributed by atoms with Crippen molar-refractivity contribution in [2.24, 2.45) is 16.8 Å². The summed E-state index contributed by atoms with van der Waals surface area (Å²) in [6, 6.07) is 0. The minimum Gasteiger partial charge on any atom is -0.325 e. The van der Waals surface area contributed by atoms with Gasteiger partial charge in [-0.2, -0.15) is 0 Å². The van der Waals surface area contributed by atoms with Gasteiger partial charge in [0, 0.05) is 23.6 Å². The Morgan fingerprint density at radius 1 is 1.33 bits per heavy atom. The van der Waals surface area contributed by atoms with Gasteiger partial charge in [-0.3, -0.25) is 9.59 Å². The van der Waals surface area contributed by atoms with Gasteiger partial charge >= 0.3 is 0 Å². The van der Waals surface area contributed by atoms with Crippen LogP contribution in [0.1, 0.15) is 58.8 Å². The zero-order chi connectivity index (χ0) is 17.1. The van der Waals surface area contributed by atoms with E-state index in [0.717, 1.165) is 29.7 Å². The largest absolute Gasteiger partial charge is 0.325 e. The minimum absolute atomic E-state index is 0.0280. The van der Waals surface area contributed by atoms with E-state index in [4.69, 9.17) is 0 Å². The SMILES string of the molecule is CCC1=C(C)C2C=CC(=NC(=O)CCC3CCCC3)C=C2NC1=O. The lowest BCUT2D eigenvalue weighted by Crippen LogP contribution is -2.36. The summed E-state index contributed by atoms with van der Waals surface area (Å²) in [6.45, 7) is 4.00. The lowest BCUT2D eigenvalue weighted by molar-refractivity contribution is -0.118. The first kappa shape index (κ1) is 16.9. The fourth-order valence-electron chi connectivity index (χ4n) is 4.00. The normalized spacial score (nSPS) is 25.8. The van der Waals surface area contributed by atoms with Crippen LogP contribution in [-0.2, 0) is 9.59 Å². The van der Waals surface area contributed by atoms with Gasteiger partial charge in [-0.15, -0.1) is 0 Å². The van der Waals surface area contributed by atoms with Crippen molar-refractivity contribution >= 4 is 17.5 Å². The highest BCUT2D eigenvalue weighted by atomic mass is 16.2.